The molecular weight excluding hydrogens is 326 g/mol. The van der Waals surface area contributed by atoms with Crippen molar-refractivity contribution in [3.8, 4) is 0 Å². The maximum Gasteiger partial charge on any atom is 0.293 e. The van der Waals surface area contributed by atoms with Crippen LogP contribution < -0.4 is 10.5 Å². The van der Waals surface area contributed by atoms with Crippen LogP contribution in [-0.2, 0) is 11.3 Å². The first kappa shape index (κ1) is 15.6. The van der Waals surface area contributed by atoms with E-state index in [2.05, 4.69) is 47.4 Å². The highest BCUT2D eigenvalue weighted by molar-refractivity contribution is 5.85. The third-order valence-electron chi connectivity index (χ3n) is 5.29. The van der Waals surface area contributed by atoms with Crippen LogP contribution in [0.2, 0.25) is 0 Å². The lowest BCUT2D eigenvalue weighted by molar-refractivity contribution is 0.0225. The van der Waals surface area contributed by atoms with E-state index in [1.54, 1.807) is 12.4 Å². The highest BCUT2D eigenvalue weighted by Crippen LogP contribution is 2.33. The second-order valence-electron chi connectivity index (χ2n) is 7.17. The summed E-state index contributed by atoms with van der Waals surface area (Å²) in [6.45, 7) is 2.04. The Bertz CT molecular complexity index is 998. The van der Waals surface area contributed by atoms with E-state index in [1.165, 1.54) is 16.3 Å². The van der Waals surface area contributed by atoms with Gasteiger partial charge in [-0.25, -0.2) is 4.98 Å². The van der Waals surface area contributed by atoms with Crippen molar-refractivity contribution in [2.24, 2.45) is 0 Å². The molecule has 1 aromatic heterocycles. The highest BCUT2D eigenvalue weighted by atomic mass is 16.5. The summed E-state index contributed by atoms with van der Waals surface area (Å²) in [5.41, 5.74) is 1.23. The Labute approximate surface area is 151 Å². The van der Waals surface area contributed by atoms with E-state index >= 15 is 0 Å². The van der Waals surface area contributed by atoms with Crippen molar-refractivity contribution in [2.45, 2.75) is 31.6 Å². The molecule has 2 heterocycles. The Balaban J connectivity index is 1.24. The molecule has 2 aliphatic rings. The van der Waals surface area contributed by atoms with Gasteiger partial charge in [-0.15, -0.1) is 0 Å². The quantitative estimate of drug-likeness (QED) is 0.711. The minimum absolute atomic E-state index is 0.0301. The summed E-state index contributed by atoms with van der Waals surface area (Å²) in [4.78, 5) is 18.9. The summed E-state index contributed by atoms with van der Waals surface area (Å²) in [6, 6.07) is 15.1. The van der Waals surface area contributed by atoms with Crippen LogP contribution in [0.4, 0.5) is 5.82 Å². The highest BCUT2D eigenvalue weighted by Gasteiger charge is 2.32. The smallest absolute Gasteiger partial charge is 0.293 e. The maximum atomic E-state index is 12.5. The van der Waals surface area contributed by atoms with Gasteiger partial charge >= 0.3 is 0 Å². The van der Waals surface area contributed by atoms with Crippen molar-refractivity contribution >= 4 is 16.6 Å². The number of hydrogen-bond donors (Lipinski definition) is 0. The first-order chi connectivity index (χ1) is 12.8. The van der Waals surface area contributed by atoms with E-state index in [0.29, 0.717) is 18.5 Å². The van der Waals surface area contributed by atoms with E-state index in [-0.39, 0.29) is 11.7 Å². The van der Waals surface area contributed by atoms with Crippen LogP contribution in [0.25, 0.3) is 10.8 Å². The van der Waals surface area contributed by atoms with E-state index in [0.717, 1.165) is 25.9 Å². The first-order valence-electron chi connectivity index (χ1n) is 9.20. The number of hydrogen-bond acceptors (Lipinski definition) is 4. The van der Waals surface area contributed by atoms with Gasteiger partial charge in [0.1, 0.15) is 0 Å². The summed E-state index contributed by atoms with van der Waals surface area (Å²) in [5.74, 6) is 0.560. The predicted molar refractivity (Wildman–Crippen MR) is 102 cm³/mol. The summed E-state index contributed by atoms with van der Waals surface area (Å²) in [7, 11) is 0. The lowest BCUT2D eigenvalue weighted by Gasteiger charge is -2.39. The fourth-order valence-electron chi connectivity index (χ4n) is 3.61. The third-order valence-corrected chi connectivity index (χ3v) is 5.29. The zero-order valence-corrected chi connectivity index (χ0v) is 14.5. The zero-order chi connectivity index (χ0) is 17.5. The molecule has 2 fully saturated rings. The topological polar surface area (TPSA) is 47.4 Å². The molecule has 0 spiro atoms. The van der Waals surface area contributed by atoms with Crippen LogP contribution >= 0.6 is 0 Å². The number of fused-ring (bicyclic) bond motifs is 1. The van der Waals surface area contributed by atoms with Gasteiger partial charge in [-0.05, 0) is 29.2 Å². The van der Waals surface area contributed by atoms with Crippen LogP contribution in [0.15, 0.2) is 59.7 Å². The maximum absolute atomic E-state index is 12.5. The normalized spacial score (nSPS) is 17.5. The molecule has 0 atom stereocenters. The SMILES string of the molecule is O=c1c(N2CC(OCc3cccc4ccccc34)C2)nccn1C1CC1. The Kier molecular flexibility index (Phi) is 3.75. The lowest BCUT2D eigenvalue weighted by Crippen LogP contribution is -2.54. The van der Waals surface area contributed by atoms with Crippen molar-refractivity contribution in [3.63, 3.8) is 0 Å². The molecule has 2 aromatic carbocycles. The van der Waals surface area contributed by atoms with Gasteiger partial charge < -0.3 is 14.2 Å². The van der Waals surface area contributed by atoms with Gasteiger partial charge in [0.15, 0.2) is 5.82 Å². The molecule has 0 unspecified atom stereocenters. The van der Waals surface area contributed by atoms with Crippen LogP contribution in [0.3, 0.4) is 0 Å². The molecule has 0 bridgehead atoms. The second kappa shape index (κ2) is 6.25. The fraction of sp³-hybridized carbons (Fsp3) is 0.333. The third kappa shape index (κ3) is 2.78. The lowest BCUT2D eigenvalue weighted by atomic mass is 10.1. The summed E-state index contributed by atoms with van der Waals surface area (Å²) in [5, 5.41) is 2.47. The minimum atomic E-state index is 0.0301. The van der Waals surface area contributed by atoms with Crippen molar-refractivity contribution < 1.29 is 4.74 Å². The fourth-order valence-corrected chi connectivity index (χ4v) is 3.61. The van der Waals surface area contributed by atoms with E-state index in [4.69, 9.17) is 4.74 Å². The molecule has 1 aliphatic carbocycles. The summed E-state index contributed by atoms with van der Waals surface area (Å²) < 4.78 is 7.90. The summed E-state index contributed by atoms with van der Waals surface area (Å²) in [6.07, 6.45) is 5.88. The van der Waals surface area contributed by atoms with Gasteiger partial charge in [0, 0.05) is 31.5 Å². The number of anilines is 1. The average molecular weight is 347 g/mol. The van der Waals surface area contributed by atoms with Gasteiger partial charge in [-0.1, -0.05) is 42.5 Å². The van der Waals surface area contributed by atoms with Crippen LogP contribution in [0, 0.1) is 0 Å². The van der Waals surface area contributed by atoms with Crippen LogP contribution in [0.1, 0.15) is 24.4 Å². The van der Waals surface area contributed by atoms with E-state index in [1.807, 2.05) is 9.47 Å². The zero-order valence-electron chi connectivity index (χ0n) is 14.5. The molecule has 5 rings (SSSR count). The van der Waals surface area contributed by atoms with Crippen molar-refractivity contribution in [1.29, 1.82) is 0 Å². The van der Waals surface area contributed by atoms with Crippen LogP contribution in [0.5, 0.6) is 0 Å². The molecule has 1 saturated carbocycles. The number of ether oxygens (including phenoxy) is 1. The van der Waals surface area contributed by atoms with Gasteiger partial charge in [-0.2, -0.15) is 0 Å². The van der Waals surface area contributed by atoms with E-state index < -0.39 is 0 Å². The largest absolute Gasteiger partial charge is 0.370 e. The summed E-state index contributed by atoms with van der Waals surface area (Å²) >= 11 is 0. The van der Waals surface area contributed by atoms with Crippen LogP contribution in [-0.4, -0.2) is 28.7 Å². The molecule has 5 heteroatoms. The van der Waals surface area contributed by atoms with Gasteiger partial charge in [0.2, 0.25) is 0 Å². The molecule has 1 aliphatic heterocycles. The molecular formula is C21H21N3O2. The van der Waals surface area contributed by atoms with Crippen molar-refractivity contribution in [1.82, 2.24) is 9.55 Å². The molecule has 5 nitrogen and oxygen atoms in total. The Hall–Kier alpha value is -2.66. The minimum Gasteiger partial charge on any atom is -0.370 e. The molecule has 0 N–H and O–H groups in total. The molecule has 0 amide bonds. The molecule has 0 radical (unpaired) electrons. The van der Waals surface area contributed by atoms with Gasteiger partial charge in [0.25, 0.3) is 5.56 Å². The Morgan fingerprint density at radius 2 is 1.88 bits per heavy atom. The number of benzene rings is 2. The monoisotopic (exact) mass is 347 g/mol. The van der Waals surface area contributed by atoms with Crippen molar-refractivity contribution in [2.75, 3.05) is 18.0 Å². The number of rotatable bonds is 5. The van der Waals surface area contributed by atoms with Gasteiger partial charge in [-0.3, -0.25) is 4.79 Å². The molecule has 1 saturated heterocycles. The number of aromatic nitrogens is 2. The number of nitrogens with zero attached hydrogens (tertiary/aromatic N) is 3. The average Bonchev–Trinajstić information content (AvgIpc) is 3.47. The molecule has 26 heavy (non-hydrogen) atoms. The predicted octanol–water partition coefficient (Wildman–Crippen LogP) is 3.14. The Morgan fingerprint density at radius 3 is 2.73 bits per heavy atom. The second-order valence-corrected chi connectivity index (χ2v) is 7.17. The standard InChI is InChI=1S/C21H21N3O2/c25-21-20(22-10-11-24(21)17-8-9-17)23-12-18(13-23)26-14-16-6-3-5-15-4-1-2-7-19(15)16/h1-7,10-11,17-18H,8-9,12-14H2. The molecule has 3 aromatic rings. The van der Waals surface area contributed by atoms with Gasteiger partial charge in [0.05, 0.1) is 12.7 Å². The Morgan fingerprint density at radius 1 is 1.08 bits per heavy atom. The van der Waals surface area contributed by atoms with E-state index in [9.17, 15) is 4.79 Å². The van der Waals surface area contributed by atoms with Crippen molar-refractivity contribution in [3.05, 3.63) is 70.8 Å². The first-order valence-corrected chi connectivity index (χ1v) is 9.20. The molecule has 132 valence electrons.